The van der Waals surface area contributed by atoms with Crippen LogP contribution in [0.2, 0.25) is 0 Å². The summed E-state index contributed by atoms with van der Waals surface area (Å²) in [5.41, 5.74) is 3.73. The minimum absolute atomic E-state index is 0.0102. The Morgan fingerprint density at radius 1 is 1.11 bits per heavy atom. The number of phenols is 1. The summed E-state index contributed by atoms with van der Waals surface area (Å²) >= 11 is -0.0295. The maximum atomic E-state index is 9.87. The summed E-state index contributed by atoms with van der Waals surface area (Å²) in [7, 11) is 0. The average molecular weight is 318 g/mol. The van der Waals surface area contributed by atoms with Crippen molar-refractivity contribution in [3.63, 3.8) is 0 Å². The van der Waals surface area contributed by atoms with Gasteiger partial charge in [0.15, 0.2) is 0 Å². The third-order valence-corrected chi connectivity index (χ3v) is 4.20. The van der Waals surface area contributed by atoms with Crippen molar-refractivity contribution in [3.8, 4) is 5.75 Å². The van der Waals surface area contributed by atoms with Crippen molar-refractivity contribution < 1.29 is 5.11 Å². The molecule has 0 saturated carbocycles. The molecule has 0 aliphatic carbocycles. The number of hydrogen-bond donors (Lipinski definition) is 2. The number of benzene rings is 2. The molecule has 0 fully saturated rings. The second-order valence-corrected chi connectivity index (χ2v) is 5.47. The zero-order valence-electron chi connectivity index (χ0n) is 10.4. The molecule has 3 rings (SSSR count). The van der Waals surface area contributed by atoms with Crippen molar-refractivity contribution >= 4 is 31.7 Å². The van der Waals surface area contributed by atoms with Crippen LogP contribution in [0.15, 0.2) is 42.5 Å². The number of aromatic nitrogens is 2. The van der Waals surface area contributed by atoms with Gasteiger partial charge in [-0.2, -0.15) is 0 Å². The number of anilines is 1. The van der Waals surface area contributed by atoms with E-state index in [4.69, 9.17) is 0 Å². The van der Waals surface area contributed by atoms with Crippen LogP contribution in [0.5, 0.6) is 5.75 Å². The van der Waals surface area contributed by atoms with Crippen LogP contribution in [0.25, 0.3) is 11.0 Å². The molecular weight excluding hydrogens is 305 g/mol. The molecule has 1 aromatic heterocycles. The predicted octanol–water partition coefficient (Wildman–Crippen LogP) is 2.57. The molecule has 0 bridgehead atoms. The van der Waals surface area contributed by atoms with Gasteiger partial charge in [-0.15, -0.1) is 0 Å². The predicted molar refractivity (Wildman–Crippen MR) is 76.6 cm³/mol. The van der Waals surface area contributed by atoms with Crippen molar-refractivity contribution in [2.45, 2.75) is 13.0 Å². The molecule has 3 aromatic rings. The number of hydrogen-bond acceptors (Lipinski definition) is 4. The minimum atomic E-state index is -0.0295. The van der Waals surface area contributed by atoms with Gasteiger partial charge in [-0.25, -0.2) is 0 Å². The van der Waals surface area contributed by atoms with Crippen molar-refractivity contribution in [1.82, 2.24) is 7.96 Å². The first-order valence-electron chi connectivity index (χ1n) is 6.01. The standard InChI is InChI=1S/C14H13N3OSe/c1-9(10-5-2-3-8-13(10)18)15-11-6-4-7-12-14(11)17-19-16-12/h2-9,15,18H,1H3. The van der Waals surface area contributed by atoms with Gasteiger partial charge in [-0.3, -0.25) is 0 Å². The van der Waals surface area contributed by atoms with Crippen LogP contribution in [-0.2, 0) is 0 Å². The molecule has 0 aliphatic heterocycles. The monoisotopic (exact) mass is 319 g/mol. The van der Waals surface area contributed by atoms with Crippen LogP contribution in [0.1, 0.15) is 18.5 Å². The number of rotatable bonds is 3. The van der Waals surface area contributed by atoms with E-state index in [9.17, 15) is 5.11 Å². The van der Waals surface area contributed by atoms with E-state index >= 15 is 0 Å². The Bertz CT molecular complexity index is 710. The first kappa shape index (κ1) is 12.2. The van der Waals surface area contributed by atoms with E-state index in [0.717, 1.165) is 22.3 Å². The first-order chi connectivity index (χ1) is 9.25. The van der Waals surface area contributed by atoms with Gasteiger partial charge in [0.2, 0.25) is 0 Å². The summed E-state index contributed by atoms with van der Waals surface area (Å²) in [5.74, 6) is 0.306. The van der Waals surface area contributed by atoms with Crippen LogP contribution in [0.4, 0.5) is 5.69 Å². The molecule has 0 radical (unpaired) electrons. The molecule has 0 saturated heterocycles. The van der Waals surface area contributed by atoms with Gasteiger partial charge >= 0.3 is 117 Å². The summed E-state index contributed by atoms with van der Waals surface area (Å²) in [6.07, 6.45) is 0. The van der Waals surface area contributed by atoms with Crippen molar-refractivity contribution in [3.05, 3.63) is 48.0 Å². The topological polar surface area (TPSA) is 58.0 Å². The van der Waals surface area contributed by atoms with Crippen molar-refractivity contribution in [2.24, 2.45) is 0 Å². The van der Waals surface area contributed by atoms with Crippen LogP contribution >= 0.6 is 0 Å². The Hall–Kier alpha value is -1.84. The normalized spacial score (nSPS) is 12.5. The van der Waals surface area contributed by atoms with Gasteiger partial charge in [-0.05, 0) is 0 Å². The van der Waals surface area contributed by atoms with E-state index in [1.807, 2.05) is 43.3 Å². The summed E-state index contributed by atoms with van der Waals surface area (Å²) in [4.78, 5) is 0. The number of nitrogens with one attached hydrogen (secondary N) is 1. The fourth-order valence-electron chi connectivity index (χ4n) is 2.09. The van der Waals surface area contributed by atoms with Gasteiger partial charge in [-0.1, -0.05) is 0 Å². The Kier molecular flexibility index (Phi) is 3.23. The molecule has 96 valence electrons. The molecule has 2 N–H and O–H groups in total. The maximum absolute atomic E-state index is 9.87. The van der Waals surface area contributed by atoms with Gasteiger partial charge in [0.1, 0.15) is 0 Å². The fourth-order valence-corrected chi connectivity index (χ4v) is 3.24. The molecule has 5 heteroatoms. The fraction of sp³-hybridized carbons (Fsp3) is 0.143. The molecule has 1 atom stereocenters. The molecule has 0 spiro atoms. The molecule has 0 aliphatic rings. The Morgan fingerprint density at radius 2 is 1.95 bits per heavy atom. The molecule has 0 amide bonds. The van der Waals surface area contributed by atoms with E-state index in [1.165, 1.54) is 0 Å². The average Bonchev–Trinajstić information content (AvgIpc) is 2.88. The quantitative estimate of drug-likeness (QED) is 0.729. The number of nitrogens with zero attached hydrogens (tertiary/aromatic N) is 2. The van der Waals surface area contributed by atoms with Crippen molar-refractivity contribution in [2.75, 3.05) is 5.32 Å². The number of phenolic OH excluding ortho intramolecular Hbond substituents is 1. The van der Waals surface area contributed by atoms with Crippen LogP contribution < -0.4 is 5.32 Å². The third-order valence-electron chi connectivity index (χ3n) is 3.06. The van der Waals surface area contributed by atoms with Crippen LogP contribution in [0.3, 0.4) is 0 Å². The first-order valence-corrected chi connectivity index (χ1v) is 7.54. The van der Waals surface area contributed by atoms with Gasteiger partial charge in [0.05, 0.1) is 0 Å². The summed E-state index contributed by atoms with van der Waals surface area (Å²) < 4.78 is 8.80. The summed E-state index contributed by atoms with van der Waals surface area (Å²) in [6, 6.07) is 13.3. The van der Waals surface area contributed by atoms with E-state index in [-0.39, 0.29) is 21.0 Å². The Labute approximate surface area is 117 Å². The van der Waals surface area contributed by atoms with Gasteiger partial charge in [0, 0.05) is 0 Å². The van der Waals surface area contributed by atoms with Crippen LogP contribution in [-0.4, -0.2) is 28.0 Å². The SMILES string of the molecule is CC(Nc1cccc2n[se]nc12)c1ccccc1O. The summed E-state index contributed by atoms with van der Waals surface area (Å²) in [6.45, 7) is 2.02. The molecule has 1 unspecified atom stereocenters. The third kappa shape index (κ3) is 2.35. The molecular formula is C14H13N3OSe. The molecule has 2 aromatic carbocycles. The second kappa shape index (κ2) is 5.03. The van der Waals surface area contributed by atoms with E-state index in [2.05, 4.69) is 13.3 Å². The number of para-hydroxylation sites is 1. The number of aromatic hydroxyl groups is 1. The zero-order chi connectivity index (χ0) is 13.2. The molecule has 19 heavy (non-hydrogen) atoms. The molecule has 4 nitrogen and oxygen atoms in total. The van der Waals surface area contributed by atoms with E-state index in [0.29, 0.717) is 5.75 Å². The van der Waals surface area contributed by atoms with Gasteiger partial charge < -0.3 is 0 Å². The van der Waals surface area contributed by atoms with E-state index in [1.54, 1.807) is 6.07 Å². The van der Waals surface area contributed by atoms with Crippen molar-refractivity contribution in [1.29, 1.82) is 0 Å². The van der Waals surface area contributed by atoms with Gasteiger partial charge in [0.25, 0.3) is 0 Å². The number of fused-ring (bicyclic) bond motifs is 1. The van der Waals surface area contributed by atoms with Crippen LogP contribution in [0, 0.1) is 0 Å². The molecule has 1 heterocycles. The summed E-state index contributed by atoms with van der Waals surface area (Å²) in [5, 5.41) is 13.3. The van der Waals surface area contributed by atoms with E-state index < -0.39 is 0 Å². The zero-order valence-corrected chi connectivity index (χ0v) is 12.1. The second-order valence-electron chi connectivity index (χ2n) is 4.36. The Morgan fingerprint density at radius 3 is 2.79 bits per heavy atom. The Balaban J connectivity index is 1.93.